The molecule has 0 spiro atoms. The second kappa shape index (κ2) is 3.96. The number of quaternary nitrogens is 1. The van der Waals surface area contributed by atoms with Crippen molar-refractivity contribution < 1.29 is 10.1 Å². The Morgan fingerprint density at radius 1 is 1.47 bits per heavy atom. The van der Waals surface area contributed by atoms with Crippen LogP contribution in [0.25, 0.3) is 5.65 Å². The molecule has 6 heteroatoms. The minimum atomic E-state index is -0.103. The summed E-state index contributed by atoms with van der Waals surface area (Å²) in [5.41, 5.74) is 1.89. The summed E-state index contributed by atoms with van der Waals surface area (Å²) in [6, 6.07) is 1.88. The third-order valence-electron chi connectivity index (χ3n) is 2.75. The van der Waals surface area contributed by atoms with Gasteiger partial charge >= 0.3 is 0 Å². The lowest BCUT2D eigenvalue weighted by Gasteiger charge is -2.15. The fraction of sp³-hybridized carbons (Fsp3) is 0.545. The van der Waals surface area contributed by atoms with Crippen molar-refractivity contribution in [3.63, 3.8) is 0 Å². The Labute approximate surface area is 99.4 Å². The molecule has 0 aromatic carbocycles. The molecule has 2 rings (SSSR count). The summed E-state index contributed by atoms with van der Waals surface area (Å²) in [7, 11) is 0. The van der Waals surface area contributed by atoms with Crippen LogP contribution in [0.3, 0.4) is 0 Å². The number of aromatic amines is 1. The fourth-order valence-electron chi connectivity index (χ4n) is 1.65. The molecule has 17 heavy (non-hydrogen) atoms. The van der Waals surface area contributed by atoms with Gasteiger partial charge in [0.2, 0.25) is 5.82 Å². The molecule has 0 bridgehead atoms. The number of nitrogens with zero attached hydrogens (tertiary/aromatic N) is 3. The van der Waals surface area contributed by atoms with Crippen molar-refractivity contribution in [2.24, 2.45) is 0 Å². The quantitative estimate of drug-likeness (QED) is 0.737. The Morgan fingerprint density at radius 3 is 2.76 bits per heavy atom. The Kier molecular flexibility index (Phi) is 2.74. The van der Waals surface area contributed by atoms with Gasteiger partial charge in [0.25, 0.3) is 0 Å². The van der Waals surface area contributed by atoms with Crippen LogP contribution in [0.5, 0.6) is 0 Å². The standard InChI is InChI=1S/C11H17N5O/c1-7(12-6-17)10-14-13-9-5-8(11(2,3)4)15-16(9)10/h5,7,15H,12H2,1-4H3. The minimum Gasteiger partial charge on any atom is -0.475 e. The number of nitrogens with two attached hydrogens (primary N) is 1. The first-order valence-electron chi connectivity index (χ1n) is 5.59. The van der Waals surface area contributed by atoms with Gasteiger partial charge in [-0.2, -0.15) is 0 Å². The molecule has 0 aliphatic heterocycles. The number of amides is 1. The van der Waals surface area contributed by atoms with Crippen LogP contribution in [0.2, 0.25) is 0 Å². The van der Waals surface area contributed by atoms with Gasteiger partial charge in [0.15, 0.2) is 5.65 Å². The SMILES string of the molecule is CC([NH2+][C-]=O)c1nnc2cc(C(C)(C)C)[nH]n12. The van der Waals surface area contributed by atoms with Gasteiger partial charge in [-0.15, -0.1) is 10.2 Å². The molecule has 0 fully saturated rings. The Hall–Kier alpha value is -1.69. The maximum Gasteiger partial charge on any atom is 0.208 e. The van der Waals surface area contributed by atoms with E-state index in [-0.39, 0.29) is 11.5 Å². The van der Waals surface area contributed by atoms with Gasteiger partial charge in [-0.25, -0.2) is 4.52 Å². The zero-order chi connectivity index (χ0) is 12.6. The second-order valence-corrected chi connectivity index (χ2v) is 5.24. The molecule has 6 nitrogen and oxygen atoms in total. The molecule has 1 unspecified atom stereocenters. The van der Waals surface area contributed by atoms with Crippen LogP contribution >= 0.6 is 0 Å². The van der Waals surface area contributed by atoms with Crippen LogP contribution in [0.4, 0.5) is 0 Å². The highest BCUT2D eigenvalue weighted by atomic mass is 16.1. The summed E-state index contributed by atoms with van der Waals surface area (Å²) in [4.78, 5) is 10.4. The van der Waals surface area contributed by atoms with E-state index in [1.54, 1.807) is 6.41 Å². The number of hydrogen-bond donors (Lipinski definition) is 2. The summed E-state index contributed by atoms with van der Waals surface area (Å²) in [5, 5.41) is 12.9. The van der Waals surface area contributed by atoms with E-state index >= 15 is 0 Å². The average Bonchev–Trinajstić information content (AvgIpc) is 2.73. The highest BCUT2D eigenvalue weighted by Gasteiger charge is 2.21. The maximum atomic E-state index is 10.4. The van der Waals surface area contributed by atoms with E-state index in [0.717, 1.165) is 17.2 Å². The molecule has 3 N–H and O–H groups in total. The molecule has 1 amide bonds. The van der Waals surface area contributed by atoms with Crippen LogP contribution in [-0.2, 0) is 10.2 Å². The summed E-state index contributed by atoms with van der Waals surface area (Å²) < 4.78 is 1.82. The Balaban J connectivity index is 2.46. The fourth-order valence-corrected chi connectivity index (χ4v) is 1.65. The van der Waals surface area contributed by atoms with Crippen molar-refractivity contribution in [1.82, 2.24) is 19.8 Å². The molecule has 2 aromatic rings. The number of carbonyl (C=O) groups excluding carboxylic acids is 1. The number of nitrogens with one attached hydrogen (secondary N) is 1. The predicted molar refractivity (Wildman–Crippen MR) is 62.1 cm³/mol. The summed E-state index contributed by atoms with van der Waals surface area (Å²) in [6.07, 6.45) is 1.79. The number of fused-ring (bicyclic) bond motifs is 1. The molecule has 0 aliphatic carbocycles. The monoisotopic (exact) mass is 235 g/mol. The van der Waals surface area contributed by atoms with E-state index in [2.05, 4.69) is 36.1 Å². The van der Waals surface area contributed by atoms with Crippen LogP contribution in [0, 0.1) is 0 Å². The van der Waals surface area contributed by atoms with E-state index in [9.17, 15) is 4.79 Å². The lowest BCUT2D eigenvalue weighted by atomic mass is 9.93. The van der Waals surface area contributed by atoms with Gasteiger partial charge in [-0.1, -0.05) is 20.8 Å². The first-order chi connectivity index (χ1) is 7.93. The van der Waals surface area contributed by atoms with Gasteiger partial charge in [0, 0.05) is 17.2 Å². The van der Waals surface area contributed by atoms with Gasteiger partial charge < -0.3 is 10.1 Å². The Bertz CT molecular complexity index is 534. The molecule has 2 heterocycles. The lowest BCUT2D eigenvalue weighted by Crippen LogP contribution is -2.83. The zero-order valence-electron chi connectivity index (χ0n) is 10.5. The van der Waals surface area contributed by atoms with Gasteiger partial charge in [-0.3, -0.25) is 5.10 Å². The Morgan fingerprint density at radius 2 is 2.18 bits per heavy atom. The smallest absolute Gasteiger partial charge is 0.208 e. The molecule has 92 valence electrons. The normalized spacial score (nSPS) is 14.1. The van der Waals surface area contributed by atoms with Gasteiger partial charge in [-0.05, 0) is 13.3 Å². The molecule has 2 aromatic heterocycles. The van der Waals surface area contributed by atoms with Crippen LogP contribution < -0.4 is 5.32 Å². The predicted octanol–water partition coefficient (Wildman–Crippen LogP) is 0.0465. The third-order valence-corrected chi connectivity index (χ3v) is 2.75. The van der Waals surface area contributed by atoms with Crippen molar-refractivity contribution in [3.8, 4) is 0 Å². The molecule has 1 atom stereocenters. The number of aromatic nitrogens is 4. The molecule has 0 aliphatic rings. The highest BCUT2D eigenvalue weighted by molar-refractivity contribution is 5.41. The van der Waals surface area contributed by atoms with Crippen LogP contribution in [-0.4, -0.2) is 26.2 Å². The summed E-state index contributed by atoms with van der Waals surface area (Å²) in [5.74, 6) is 0.721. The van der Waals surface area contributed by atoms with Crippen LogP contribution in [0.15, 0.2) is 6.07 Å². The van der Waals surface area contributed by atoms with Crippen molar-refractivity contribution in [3.05, 3.63) is 17.6 Å². The molecular weight excluding hydrogens is 218 g/mol. The molecule has 0 saturated carbocycles. The topological polar surface area (TPSA) is 79.7 Å². The molecule has 0 saturated heterocycles. The first-order valence-corrected chi connectivity index (χ1v) is 5.59. The van der Waals surface area contributed by atoms with E-state index in [1.807, 2.05) is 17.5 Å². The number of primary amides is 1. The third kappa shape index (κ3) is 2.08. The summed E-state index contributed by atoms with van der Waals surface area (Å²) in [6.45, 7) is 8.26. The molecular formula is C11H17N5O. The first kappa shape index (κ1) is 11.8. The number of H-pyrrole nitrogens is 1. The number of hydrogen-bond acceptors (Lipinski definition) is 3. The van der Waals surface area contributed by atoms with E-state index in [1.165, 1.54) is 5.32 Å². The van der Waals surface area contributed by atoms with Crippen molar-refractivity contribution >= 4 is 12.1 Å². The second-order valence-electron chi connectivity index (χ2n) is 5.24. The minimum absolute atomic E-state index is 0.0295. The lowest BCUT2D eigenvalue weighted by molar-refractivity contribution is -0.583. The van der Waals surface area contributed by atoms with Crippen molar-refractivity contribution in [1.29, 1.82) is 0 Å². The largest absolute Gasteiger partial charge is 0.475 e. The van der Waals surface area contributed by atoms with Crippen LogP contribution in [0.1, 0.15) is 45.3 Å². The van der Waals surface area contributed by atoms with Crippen molar-refractivity contribution in [2.45, 2.75) is 39.2 Å². The maximum absolute atomic E-state index is 10.4. The van der Waals surface area contributed by atoms with E-state index < -0.39 is 0 Å². The van der Waals surface area contributed by atoms with E-state index in [4.69, 9.17) is 0 Å². The van der Waals surface area contributed by atoms with Crippen molar-refractivity contribution in [2.75, 3.05) is 0 Å². The molecule has 0 radical (unpaired) electrons. The van der Waals surface area contributed by atoms with Gasteiger partial charge in [0.05, 0.1) is 0 Å². The number of rotatable bonds is 3. The van der Waals surface area contributed by atoms with Gasteiger partial charge in [0.1, 0.15) is 6.04 Å². The zero-order valence-corrected chi connectivity index (χ0v) is 10.5. The summed E-state index contributed by atoms with van der Waals surface area (Å²) >= 11 is 0. The average molecular weight is 235 g/mol. The highest BCUT2D eigenvalue weighted by Crippen LogP contribution is 2.22. The van der Waals surface area contributed by atoms with E-state index in [0.29, 0.717) is 0 Å².